The highest BCUT2D eigenvalue weighted by atomic mass is 32.2. The van der Waals surface area contributed by atoms with Gasteiger partial charge >= 0.3 is 0 Å². The third-order valence-electron chi connectivity index (χ3n) is 3.79. The average Bonchev–Trinajstić information content (AvgIpc) is 2.66. The normalized spacial score (nSPS) is 11.2. The number of ether oxygens (including phenoxy) is 2. The van der Waals surface area contributed by atoms with Crippen LogP contribution in [0.15, 0.2) is 41.5 Å². The second-order valence-electron chi connectivity index (χ2n) is 6.17. The quantitative estimate of drug-likeness (QED) is 0.628. The predicted octanol–water partition coefficient (Wildman–Crippen LogP) is 2.29. The fourth-order valence-corrected chi connectivity index (χ4v) is 2.93. The lowest BCUT2D eigenvalue weighted by atomic mass is 10.2. The Balaban J connectivity index is 2.17. The van der Waals surface area contributed by atoms with Gasteiger partial charge in [0.2, 0.25) is 16.0 Å². The smallest absolute Gasteiger partial charge is 0.292 e. The van der Waals surface area contributed by atoms with Crippen LogP contribution in [0.4, 0.5) is 14.7 Å². The van der Waals surface area contributed by atoms with E-state index in [1.165, 1.54) is 31.0 Å². The molecule has 0 fully saturated rings. The fourth-order valence-electron chi connectivity index (χ4n) is 2.50. The molecule has 0 bridgehead atoms. The number of nitrogens with zero attached hydrogens (tertiary/aromatic N) is 3. The first kappa shape index (κ1) is 21.2. The summed E-state index contributed by atoms with van der Waals surface area (Å²) in [6, 6.07) is 4.10. The molecule has 3 rings (SSSR count). The van der Waals surface area contributed by atoms with Gasteiger partial charge in [0.1, 0.15) is 11.5 Å². The molecule has 0 unspecified atom stereocenters. The molecule has 1 aromatic carbocycles. The van der Waals surface area contributed by atoms with E-state index in [1.54, 1.807) is 0 Å². The van der Waals surface area contributed by atoms with Gasteiger partial charge in [-0.3, -0.25) is 9.52 Å². The molecular formula is C18H16F2N4O5S. The van der Waals surface area contributed by atoms with Crippen molar-refractivity contribution >= 4 is 16.0 Å². The van der Waals surface area contributed by atoms with Crippen molar-refractivity contribution in [3.8, 4) is 28.5 Å². The number of hydrogen-bond acceptors (Lipinski definition) is 7. The van der Waals surface area contributed by atoms with E-state index < -0.39 is 27.2 Å². The molecule has 0 amide bonds. The molecule has 2 heterocycles. The average molecular weight is 438 g/mol. The Morgan fingerprint density at radius 1 is 1.13 bits per heavy atom. The van der Waals surface area contributed by atoms with Crippen LogP contribution >= 0.6 is 0 Å². The second kappa shape index (κ2) is 8.06. The van der Waals surface area contributed by atoms with Crippen molar-refractivity contribution in [2.45, 2.75) is 0 Å². The monoisotopic (exact) mass is 438 g/mol. The topological polar surface area (TPSA) is 112 Å². The summed E-state index contributed by atoms with van der Waals surface area (Å²) in [5.41, 5.74) is -0.0870. The summed E-state index contributed by atoms with van der Waals surface area (Å²) < 4.78 is 64.2. The van der Waals surface area contributed by atoms with Crippen LogP contribution in [-0.2, 0) is 17.1 Å². The van der Waals surface area contributed by atoms with Crippen LogP contribution in [0, 0.1) is 11.6 Å². The van der Waals surface area contributed by atoms with Crippen molar-refractivity contribution in [2.24, 2.45) is 7.05 Å². The van der Waals surface area contributed by atoms with Gasteiger partial charge in [-0.05, 0) is 18.2 Å². The highest BCUT2D eigenvalue weighted by Gasteiger charge is 2.18. The van der Waals surface area contributed by atoms with Crippen molar-refractivity contribution in [1.29, 1.82) is 0 Å². The second-order valence-corrected chi connectivity index (χ2v) is 7.92. The van der Waals surface area contributed by atoms with Crippen LogP contribution < -0.4 is 19.8 Å². The molecule has 0 aliphatic heterocycles. The van der Waals surface area contributed by atoms with E-state index in [0.29, 0.717) is 11.6 Å². The molecule has 0 saturated heterocycles. The zero-order chi connectivity index (χ0) is 22.1. The summed E-state index contributed by atoms with van der Waals surface area (Å²) in [5.74, 6) is -2.40. The lowest BCUT2D eigenvalue weighted by molar-refractivity contribution is 0.405. The van der Waals surface area contributed by atoms with E-state index in [9.17, 15) is 22.0 Å². The van der Waals surface area contributed by atoms with Gasteiger partial charge in [0.05, 0.1) is 19.6 Å². The molecular weight excluding hydrogens is 422 g/mol. The van der Waals surface area contributed by atoms with E-state index in [-0.39, 0.29) is 28.9 Å². The minimum absolute atomic E-state index is 0.00912. The van der Waals surface area contributed by atoms with Gasteiger partial charge in [0.25, 0.3) is 5.56 Å². The van der Waals surface area contributed by atoms with E-state index >= 15 is 0 Å². The number of rotatable bonds is 6. The number of benzene rings is 1. The third kappa shape index (κ3) is 4.71. The molecule has 9 nitrogen and oxygen atoms in total. The molecule has 158 valence electrons. The van der Waals surface area contributed by atoms with Crippen LogP contribution in [0.1, 0.15) is 0 Å². The number of methoxy groups -OCH3 is 1. The number of aromatic nitrogens is 3. The van der Waals surface area contributed by atoms with Crippen molar-refractivity contribution < 1.29 is 26.7 Å². The first-order valence-electron chi connectivity index (χ1n) is 8.30. The van der Waals surface area contributed by atoms with Crippen LogP contribution in [0.5, 0.6) is 17.2 Å². The van der Waals surface area contributed by atoms with Crippen LogP contribution in [-0.4, -0.2) is 36.3 Å². The zero-order valence-corrected chi connectivity index (χ0v) is 16.8. The standard InChI is InChI=1S/C18H16F2N4O5S/c1-24-9-10(6-14(28-2)17(24)25)16-15(8-21-18(22-16)23-30(3,26)27)29-13-5-4-11(19)7-12(13)20/h4-9H,1-3H3,(H,21,22,23). The Hall–Kier alpha value is -3.54. The molecule has 0 radical (unpaired) electrons. The zero-order valence-electron chi connectivity index (χ0n) is 16.0. The molecule has 30 heavy (non-hydrogen) atoms. The maximum atomic E-state index is 14.0. The van der Waals surface area contributed by atoms with Gasteiger partial charge in [-0.25, -0.2) is 27.2 Å². The molecule has 2 aromatic heterocycles. The highest BCUT2D eigenvalue weighted by molar-refractivity contribution is 7.91. The van der Waals surface area contributed by atoms with E-state index in [0.717, 1.165) is 24.6 Å². The first-order valence-corrected chi connectivity index (χ1v) is 10.2. The van der Waals surface area contributed by atoms with Gasteiger partial charge in [-0.2, -0.15) is 0 Å². The highest BCUT2D eigenvalue weighted by Crippen LogP contribution is 2.34. The molecule has 0 atom stereocenters. The molecule has 0 spiro atoms. The van der Waals surface area contributed by atoms with Gasteiger partial charge in [-0.15, -0.1) is 0 Å². The number of nitrogens with one attached hydrogen (secondary N) is 1. The molecule has 3 aromatic rings. The summed E-state index contributed by atoms with van der Waals surface area (Å²) in [7, 11) is -0.899. The Labute approximate surface area is 170 Å². The Morgan fingerprint density at radius 2 is 1.87 bits per heavy atom. The van der Waals surface area contributed by atoms with Gasteiger partial charge in [0, 0.05) is 24.9 Å². The summed E-state index contributed by atoms with van der Waals surface area (Å²) in [6.07, 6.45) is 3.45. The van der Waals surface area contributed by atoms with Gasteiger partial charge < -0.3 is 14.0 Å². The molecule has 0 aliphatic carbocycles. The molecule has 1 N–H and O–H groups in total. The van der Waals surface area contributed by atoms with Gasteiger partial charge in [0.15, 0.2) is 23.1 Å². The van der Waals surface area contributed by atoms with E-state index in [1.807, 2.05) is 0 Å². The summed E-state index contributed by atoms with van der Waals surface area (Å²) in [5, 5.41) is 0. The maximum Gasteiger partial charge on any atom is 0.292 e. The lowest BCUT2D eigenvalue weighted by Gasteiger charge is -2.14. The van der Waals surface area contributed by atoms with Crippen LogP contribution in [0.3, 0.4) is 0 Å². The summed E-state index contributed by atoms with van der Waals surface area (Å²) in [6.45, 7) is 0. The fraction of sp³-hybridized carbons (Fsp3) is 0.167. The number of halogens is 2. The minimum atomic E-state index is -3.68. The number of sulfonamides is 1. The minimum Gasteiger partial charge on any atom is -0.491 e. The molecule has 12 heteroatoms. The Morgan fingerprint density at radius 3 is 2.50 bits per heavy atom. The Bertz CT molecular complexity index is 1280. The number of anilines is 1. The molecule has 0 saturated carbocycles. The largest absolute Gasteiger partial charge is 0.491 e. The number of hydrogen-bond donors (Lipinski definition) is 1. The van der Waals surface area contributed by atoms with E-state index in [4.69, 9.17) is 9.47 Å². The molecule has 0 aliphatic rings. The SMILES string of the molecule is COc1cc(-c2nc(NS(C)(=O)=O)ncc2Oc2ccc(F)cc2F)cn(C)c1=O. The van der Waals surface area contributed by atoms with Crippen LogP contribution in [0.2, 0.25) is 0 Å². The van der Waals surface area contributed by atoms with Crippen LogP contribution in [0.25, 0.3) is 11.3 Å². The number of aryl methyl sites for hydroxylation is 1. The maximum absolute atomic E-state index is 14.0. The Kier molecular flexibility index (Phi) is 5.69. The predicted molar refractivity (Wildman–Crippen MR) is 104 cm³/mol. The van der Waals surface area contributed by atoms with Crippen molar-refractivity contribution in [3.05, 3.63) is 58.6 Å². The first-order chi connectivity index (χ1) is 14.1. The summed E-state index contributed by atoms with van der Waals surface area (Å²) in [4.78, 5) is 20.1. The van der Waals surface area contributed by atoms with Crippen molar-refractivity contribution in [1.82, 2.24) is 14.5 Å². The van der Waals surface area contributed by atoms with Crippen molar-refractivity contribution in [3.63, 3.8) is 0 Å². The third-order valence-corrected chi connectivity index (χ3v) is 4.34. The number of pyridine rings is 1. The van der Waals surface area contributed by atoms with Gasteiger partial charge in [-0.1, -0.05) is 0 Å². The summed E-state index contributed by atoms with van der Waals surface area (Å²) >= 11 is 0. The van der Waals surface area contributed by atoms with E-state index in [2.05, 4.69) is 14.7 Å². The lowest BCUT2D eigenvalue weighted by Crippen LogP contribution is -2.18. The van der Waals surface area contributed by atoms with Crippen molar-refractivity contribution in [2.75, 3.05) is 18.1 Å².